The third-order valence-electron chi connectivity index (χ3n) is 1.36. The molecule has 0 aromatic rings. The summed E-state index contributed by atoms with van der Waals surface area (Å²) >= 11 is 0. The quantitative estimate of drug-likeness (QED) is 0.562. The molecular formula is C6H15NO6S2. The van der Waals surface area contributed by atoms with Crippen LogP contribution in [0.15, 0.2) is 0 Å². The Morgan fingerprint density at radius 2 is 1.60 bits per heavy atom. The molecule has 0 aromatic carbocycles. The minimum Gasteiger partial charge on any atom is -0.355 e. The van der Waals surface area contributed by atoms with Gasteiger partial charge in [0.25, 0.3) is 0 Å². The number of sulfonamides is 1. The van der Waals surface area contributed by atoms with Crippen LogP contribution in [0.2, 0.25) is 0 Å². The lowest BCUT2D eigenvalue weighted by atomic mass is 10.6. The number of rotatable bonds is 7. The van der Waals surface area contributed by atoms with Crippen molar-refractivity contribution in [1.29, 1.82) is 0 Å². The summed E-state index contributed by atoms with van der Waals surface area (Å²) in [4.78, 5) is 0. The summed E-state index contributed by atoms with van der Waals surface area (Å²) in [5.41, 5.74) is 0. The summed E-state index contributed by atoms with van der Waals surface area (Å²) in [6.45, 7) is -0.134. The van der Waals surface area contributed by atoms with Crippen molar-refractivity contribution in [3.63, 3.8) is 0 Å². The van der Waals surface area contributed by atoms with E-state index in [0.29, 0.717) is 0 Å². The lowest BCUT2D eigenvalue weighted by molar-refractivity contribution is -0.0960. The topological polar surface area (TPSA) is 98.8 Å². The van der Waals surface area contributed by atoms with Gasteiger partial charge in [0.1, 0.15) is 0 Å². The number of ether oxygens (including phenoxy) is 2. The van der Waals surface area contributed by atoms with E-state index >= 15 is 0 Å². The van der Waals surface area contributed by atoms with Crippen LogP contribution in [0.25, 0.3) is 0 Å². The van der Waals surface area contributed by atoms with Crippen molar-refractivity contribution < 1.29 is 26.3 Å². The summed E-state index contributed by atoms with van der Waals surface area (Å²) in [6.07, 6.45) is 0.107. The van der Waals surface area contributed by atoms with Crippen LogP contribution in [-0.2, 0) is 29.3 Å². The van der Waals surface area contributed by atoms with Crippen molar-refractivity contribution in [3.05, 3.63) is 0 Å². The number of hydrogen-bond acceptors (Lipinski definition) is 6. The van der Waals surface area contributed by atoms with E-state index in [1.54, 1.807) is 0 Å². The highest BCUT2D eigenvalue weighted by Gasteiger charge is 2.19. The largest absolute Gasteiger partial charge is 0.355 e. The van der Waals surface area contributed by atoms with Gasteiger partial charge in [0.15, 0.2) is 21.2 Å². The minimum atomic E-state index is -3.85. The van der Waals surface area contributed by atoms with Gasteiger partial charge in [-0.1, -0.05) is 0 Å². The van der Waals surface area contributed by atoms with Gasteiger partial charge in [0.2, 0.25) is 10.0 Å². The van der Waals surface area contributed by atoms with Crippen LogP contribution in [0.4, 0.5) is 0 Å². The first-order valence-electron chi connectivity index (χ1n) is 3.91. The van der Waals surface area contributed by atoms with Gasteiger partial charge in [-0.15, -0.1) is 0 Å². The van der Waals surface area contributed by atoms with E-state index in [-0.39, 0.29) is 6.54 Å². The highest BCUT2D eigenvalue weighted by Crippen LogP contribution is 1.94. The first-order chi connectivity index (χ1) is 6.70. The van der Waals surface area contributed by atoms with Gasteiger partial charge < -0.3 is 9.47 Å². The molecule has 9 heteroatoms. The highest BCUT2D eigenvalue weighted by molar-refractivity contribution is 8.06. The molecule has 92 valence electrons. The van der Waals surface area contributed by atoms with Crippen LogP contribution in [0.5, 0.6) is 0 Å². The van der Waals surface area contributed by atoms with Crippen LogP contribution >= 0.6 is 0 Å². The molecule has 0 bridgehead atoms. The molecule has 0 saturated heterocycles. The molecule has 0 fully saturated rings. The second-order valence-corrected chi connectivity index (χ2v) is 7.22. The van der Waals surface area contributed by atoms with Gasteiger partial charge in [0.05, 0.1) is 6.54 Å². The van der Waals surface area contributed by atoms with Crippen LogP contribution in [-0.4, -0.2) is 55.2 Å². The third-order valence-corrected chi connectivity index (χ3v) is 4.93. The molecule has 7 nitrogen and oxygen atoms in total. The van der Waals surface area contributed by atoms with Crippen molar-refractivity contribution in [2.45, 2.75) is 6.29 Å². The van der Waals surface area contributed by atoms with Crippen LogP contribution < -0.4 is 4.72 Å². The fourth-order valence-electron chi connectivity index (χ4n) is 0.781. The van der Waals surface area contributed by atoms with Crippen molar-refractivity contribution in [2.75, 3.05) is 32.1 Å². The van der Waals surface area contributed by atoms with E-state index in [4.69, 9.17) is 9.47 Å². The maximum atomic E-state index is 11.2. The molecule has 1 N–H and O–H groups in total. The normalized spacial score (nSPS) is 13.3. The molecule has 0 amide bonds. The summed E-state index contributed by atoms with van der Waals surface area (Å²) in [7, 11) is -4.74. The zero-order chi connectivity index (χ0) is 12.1. The SMILES string of the molecule is COC(CNS(=O)(=O)CS(C)(=O)=O)OC. The Balaban J connectivity index is 4.29. The molecule has 0 aliphatic carbocycles. The Kier molecular flexibility index (Phi) is 5.67. The Bertz CT molecular complexity index is 368. The van der Waals surface area contributed by atoms with Gasteiger partial charge >= 0.3 is 0 Å². The monoisotopic (exact) mass is 261 g/mol. The average molecular weight is 261 g/mol. The summed E-state index contributed by atoms with van der Waals surface area (Å²) in [5, 5.41) is -0.944. The van der Waals surface area contributed by atoms with Crippen molar-refractivity contribution in [2.24, 2.45) is 0 Å². The maximum absolute atomic E-state index is 11.2. The number of sulfone groups is 1. The molecule has 0 spiro atoms. The molecule has 0 atom stereocenters. The average Bonchev–Trinajstić information content (AvgIpc) is 2.01. The number of hydrogen-bond donors (Lipinski definition) is 1. The van der Waals surface area contributed by atoms with E-state index < -0.39 is 31.2 Å². The minimum absolute atomic E-state index is 0.134. The van der Waals surface area contributed by atoms with Gasteiger partial charge in [0, 0.05) is 20.5 Å². The van der Waals surface area contributed by atoms with Crippen molar-refractivity contribution in [3.8, 4) is 0 Å². The zero-order valence-corrected chi connectivity index (χ0v) is 10.4. The van der Waals surface area contributed by atoms with E-state index in [2.05, 4.69) is 4.72 Å². The predicted molar refractivity (Wildman–Crippen MR) is 54.4 cm³/mol. The molecule has 0 aliphatic heterocycles. The van der Waals surface area contributed by atoms with Gasteiger partial charge in [-0.2, -0.15) is 0 Å². The molecule has 0 aliphatic rings. The second kappa shape index (κ2) is 5.75. The Morgan fingerprint density at radius 1 is 1.13 bits per heavy atom. The van der Waals surface area contributed by atoms with E-state index in [0.717, 1.165) is 6.26 Å². The highest BCUT2D eigenvalue weighted by atomic mass is 32.3. The molecule has 0 aromatic heterocycles. The lowest BCUT2D eigenvalue weighted by Gasteiger charge is -2.13. The van der Waals surface area contributed by atoms with Gasteiger partial charge in [-0.25, -0.2) is 21.6 Å². The Hall–Kier alpha value is -0.220. The molecule has 0 rings (SSSR count). The van der Waals surface area contributed by atoms with Crippen LogP contribution in [0.1, 0.15) is 0 Å². The predicted octanol–water partition coefficient (Wildman–Crippen LogP) is -1.47. The number of nitrogens with one attached hydrogen (secondary N) is 1. The fourth-order valence-corrected chi connectivity index (χ4v) is 3.76. The second-order valence-electron chi connectivity index (χ2n) is 2.91. The maximum Gasteiger partial charge on any atom is 0.226 e. The molecular weight excluding hydrogens is 246 g/mol. The summed E-state index contributed by atoms with van der Waals surface area (Å²) < 4.78 is 55.4. The standard InChI is InChI=1S/C6H15NO6S2/c1-12-6(13-2)4-7-15(10,11)5-14(3,8)9/h6-7H,4-5H2,1-3H3. The smallest absolute Gasteiger partial charge is 0.226 e. The van der Waals surface area contributed by atoms with E-state index in [9.17, 15) is 16.8 Å². The van der Waals surface area contributed by atoms with Crippen LogP contribution in [0.3, 0.4) is 0 Å². The molecule has 0 unspecified atom stereocenters. The van der Waals surface area contributed by atoms with Crippen LogP contribution in [0, 0.1) is 0 Å². The first kappa shape index (κ1) is 14.8. The van der Waals surface area contributed by atoms with E-state index in [1.165, 1.54) is 14.2 Å². The molecule has 15 heavy (non-hydrogen) atoms. The molecule has 0 radical (unpaired) electrons. The summed E-state index contributed by atoms with van der Waals surface area (Å²) in [6, 6.07) is 0. The molecule has 0 heterocycles. The third kappa shape index (κ3) is 7.68. The Labute approximate surface area is 89.7 Å². The Morgan fingerprint density at radius 3 is 1.93 bits per heavy atom. The fraction of sp³-hybridized carbons (Fsp3) is 1.00. The number of methoxy groups -OCH3 is 2. The lowest BCUT2D eigenvalue weighted by Crippen LogP contribution is -2.37. The van der Waals surface area contributed by atoms with Crippen molar-refractivity contribution in [1.82, 2.24) is 4.72 Å². The zero-order valence-electron chi connectivity index (χ0n) is 8.76. The van der Waals surface area contributed by atoms with E-state index in [1.807, 2.05) is 0 Å². The molecule has 0 saturated carbocycles. The van der Waals surface area contributed by atoms with Gasteiger partial charge in [-0.05, 0) is 0 Å². The van der Waals surface area contributed by atoms with Crippen molar-refractivity contribution >= 4 is 19.9 Å². The first-order valence-corrected chi connectivity index (χ1v) is 7.62. The summed E-state index contributed by atoms with van der Waals surface area (Å²) in [5.74, 6) is 0. The van der Waals surface area contributed by atoms with Gasteiger partial charge in [-0.3, -0.25) is 0 Å².